The van der Waals surface area contributed by atoms with Crippen LogP contribution in [0.15, 0.2) is 36.5 Å². The van der Waals surface area contributed by atoms with Gasteiger partial charge >= 0.3 is 6.36 Å². The van der Waals surface area contributed by atoms with Crippen LogP contribution in [0.1, 0.15) is 5.56 Å². The number of rotatable bonds is 3. The second-order valence-electron chi connectivity index (χ2n) is 4.18. The number of nitriles is 1. The lowest BCUT2D eigenvalue weighted by atomic mass is 10.0. The molecule has 0 unspecified atom stereocenters. The molecule has 1 heterocycles. The highest BCUT2D eigenvalue weighted by molar-refractivity contribution is 5.74. The summed E-state index contributed by atoms with van der Waals surface area (Å²) >= 11 is 0. The van der Waals surface area contributed by atoms with Crippen molar-refractivity contribution in [1.82, 2.24) is 4.98 Å². The molecule has 1 aromatic heterocycles. The summed E-state index contributed by atoms with van der Waals surface area (Å²) in [4.78, 5) is 3.97. The van der Waals surface area contributed by atoms with E-state index in [1.807, 2.05) is 6.07 Å². The molecule has 0 amide bonds. The van der Waals surface area contributed by atoms with Gasteiger partial charge in [0.15, 0.2) is 0 Å². The number of hydrogen-bond acceptors (Lipinski definition) is 4. The number of nitrogens with zero attached hydrogens (tertiary/aromatic N) is 2. The number of alkyl halides is 3. The predicted molar refractivity (Wildman–Crippen MR) is 70.1 cm³/mol. The third-order valence-corrected chi connectivity index (χ3v) is 2.66. The van der Waals surface area contributed by atoms with Crippen molar-refractivity contribution in [3.05, 3.63) is 42.1 Å². The Hall–Kier alpha value is -2.75. The van der Waals surface area contributed by atoms with E-state index >= 15 is 0 Å². The van der Waals surface area contributed by atoms with Crippen molar-refractivity contribution in [1.29, 1.82) is 5.26 Å². The number of pyridine rings is 1. The molecule has 0 aliphatic heterocycles. The van der Waals surface area contributed by atoms with E-state index in [9.17, 15) is 13.2 Å². The zero-order valence-corrected chi connectivity index (χ0v) is 10.7. The predicted octanol–water partition coefficient (Wildman–Crippen LogP) is 3.30. The number of anilines is 1. The topological polar surface area (TPSA) is 71.9 Å². The van der Waals surface area contributed by atoms with Gasteiger partial charge in [0.2, 0.25) is 0 Å². The number of aromatic nitrogens is 1. The minimum absolute atomic E-state index is 0.176. The van der Waals surface area contributed by atoms with E-state index in [0.717, 1.165) is 0 Å². The van der Waals surface area contributed by atoms with Crippen molar-refractivity contribution in [2.24, 2.45) is 0 Å². The number of ether oxygens (including phenoxy) is 1. The molecule has 21 heavy (non-hydrogen) atoms. The van der Waals surface area contributed by atoms with E-state index in [-0.39, 0.29) is 18.0 Å². The van der Waals surface area contributed by atoms with Gasteiger partial charge in [-0.25, -0.2) is 4.98 Å². The number of hydrogen-bond donors (Lipinski definition) is 1. The lowest BCUT2D eigenvalue weighted by Crippen LogP contribution is -2.16. The van der Waals surface area contributed by atoms with Gasteiger partial charge in [-0.1, -0.05) is 12.1 Å². The van der Waals surface area contributed by atoms with E-state index < -0.39 is 6.36 Å². The van der Waals surface area contributed by atoms with Crippen LogP contribution in [0.2, 0.25) is 0 Å². The van der Waals surface area contributed by atoms with E-state index in [1.54, 1.807) is 6.07 Å². The van der Waals surface area contributed by atoms with Crippen LogP contribution in [0, 0.1) is 11.3 Å². The Morgan fingerprint density at radius 3 is 2.48 bits per heavy atom. The van der Waals surface area contributed by atoms with Crippen molar-refractivity contribution < 1.29 is 17.9 Å². The molecule has 0 saturated carbocycles. The lowest BCUT2D eigenvalue weighted by Gasteiger charge is -2.10. The molecule has 2 rings (SSSR count). The summed E-state index contributed by atoms with van der Waals surface area (Å²) < 4.78 is 40.0. The maximum Gasteiger partial charge on any atom is 0.573 e. The van der Waals surface area contributed by atoms with Gasteiger partial charge < -0.3 is 10.5 Å². The van der Waals surface area contributed by atoms with Gasteiger partial charge in [-0.05, 0) is 29.3 Å². The highest BCUT2D eigenvalue weighted by atomic mass is 19.4. The third kappa shape index (κ3) is 3.86. The quantitative estimate of drug-likeness (QED) is 0.942. The van der Waals surface area contributed by atoms with Crippen LogP contribution in [0.25, 0.3) is 11.1 Å². The molecule has 0 bridgehead atoms. The molecule has 108 valence electrons. The highest BCUT2D eigenvalue weighted by Gasteiger charge is 2.30. The maximum atomic E-state index is 12.1. The van der Waals surface area contributed by atoms with Crippen LogP contribution in [-0.2, 0) is 6.42 Å². The fraction of sp³-hybridized carbons (Fsp3) is 0.143. The molecule has 4 nitrogen and oxygen atoms in total. The molecule has 0 atom stereocenters. The van der Waals surface area contributed by atoms with Crippen LogP contribution in [0.5, 0.6) is 5.75 Å². The first kappa shape index (κ1) is 14.7. The molecule has 2 N–H and O–H groups in total. The van der Waals surface area contributed by atoms with Crippen molar-refractivity contribution in [2.45, 2.75) is 12.8 Å². The van der Waals surface area contributed by atoms with Crippen LogP contribution in [0.4, 0.5) is 19.0 Å². The molecule has 0 aliphatic carbocycles. The smallest absolute Gasteiger partial charge is 0.406 e. The second-order valence-corrected chi connectivity index (χ2v) is 4.18. The average Bonchev–Trinajstić information content (AvgIpc) is 2.40. The van der Waals surface area contributed by atoms with Gasteiger partial charge in [-0.3, -0.25) is 0 Å². The van der Waals surface area contributed by atoms with Gasteiger partial charge in [-0.2, -0.15) is 5.26 Å². The number of nitrogens with two attached hydrogens (primary N) is 1. The first-order valence-electron chi connectivity index (χ1n) is 5.86. The second kappa shape index (κ2) is 5.71. The molecule has 7 heteroatoms. The summed E-state index contributed by atoms with van der Waals surface area (Å²) in [6.45, 7) is 0. The van der Waals surface area contributed by atoms with Gasteiger partial charge in [0.05, 0.1) is 12.5 Å². The van der Waals surface area contributed by atoms with Gasteiger partial charge in [-0.15, -0.1) is 13.2 Å². The number of halogens is 3. The van der Waals surface area contributed by atoms with E-state index in [0.29, 0.717) is 16.7 Å². The minimum atomic E-state index is -4.73. The zero-order valence-electron chi connectivity index (χ0n) is 10.7. The molecule has 0 aliphatic rings. The Morgan fingerprint density at radius 1 is 1.24 bits per heavy atom. The van der Waals surface area contributed by atoms with Gasteiger partial charge in [0.25, 0.3) is 0 Å². The Kier molecular flexibility index (Phi) is 3.98. The number of benzene rings is 1. The van der Waals surface area contributed by atoms with Crippen LogP contribution in [-0.4, -0.2) is 11.3 Å². The number of nitrogen functional groups attached to an aromatic ring is 1. The monoisotopic (exact) mass is 293 g/mol. The van der Waals surface area contributed by atoms with Crippen molar-refractivity contribution in [3.63, 3.8) is 0 Å². The van der Waals surface area contributed by atoms with Gasteiger partial charge in [0, 0.05) is 11.8 Å². The molecule has 2 aromatic rings. The normalized spacial score (nSPS) is 11.0. The summed E-state index contributed by atoms with van der Waals surface area (Å²) in [7, 11) is 0. The average molecular weight is 293 g/mol. The molecule has 0 radical (unpaired) electrons. The van der Waals surface area contributed by atoms with E-state index in [1.165, 1.54) is 30.5 Å². The Labute approximate surface area is 118 Å². The summed E-state index contributed by atoms with van der Waals surface area (Å²) in [6.07, 6.45) is -3.06. The first-order valence-corrected chi connectivity index (χ1v) is 5.86. The summed E-state index contributed by atoms with van der Waals surface area (Å²) in [6, 6.07) is 8.96. The van der Waals surface area contributed by atoms with E-state index in [4.69, 9.17) is 11.0 Å². The van der Waals surface area contributed by atoms with Crippen LogP contribution in [0.3, 0.4) is 0 Å². The third-order valence-electron chi connectivity index (χ3n) is 2.66. The van der Waals surface area contributed by atoms with Crippen LogP contribution < -0.4 is 10.5 Å². The molecular weight excluding hydrogens is 283 g/mol. The minimum Gasteiger partial charge on any atom is -0.406 e. The standard InChI is InChI=1S/C14H10F3N3O/c15-14(16,17)21-11-3-1-10(2-4-11)12-7-9(5-6-18)8-20-13(12)19/h1-4,7-8H,5H2,(H2,19,20). The zero-order chi connectivity index (χ0) is 15.5. The molecule has 1 aromatic carbocycles. The first-order chi connectivity index (χ1) is 9.89. The maximum absolute atomic E-state index is 12.1. The lowest BCUT2D eigenvalue weighted by molar-refractivity contribution is -0.274. The summed E-state index contributed by atoms with van der Waals surface area (Å²) in [5.74, 6) is -0.0767. The Bertz CT molecular complexity index is 675. The highest BCUT2D eigenvalue weighted by Crippen LogP contribution is 2.29. The molecule has 0 spiro atoms. The van der Waals surface area contributed by atoms with Crippen molar-refractivity contribution >= 4 is 5.82 Å². The van der Waals surface area contributed by atoms with E-state index in [2.05, 4.69) is 9.72 Å². The van der Waals surface area contributed by atoms with Gasteiger partial charge in [0.1, 0.15) is 11.6 Å². The summed E-state index contributed by atoms with van der Waals surface area (Å²) in [5.41, 5.74) is 7.58. The fourth-order valence-electron chi connectivity index (χ4n) is 1.77. The van der Waals surface area contributed by atoms with Crippen LogP contribution >= 0.6 is 0 Å². The molecule has 0 fully saturated rings. The Balaban J connectivity index is 2.30. The SMILES string of the molecule is N#CCc1cnc(N)c(-c2ccc(OC(F)(F)F)cc2)c1. The van der Waals surface area contributed by atoms with Crippen molar-refractivity contribution in [3.8, 4) is 22.9 Å². The fourth-order valence-corrected chi connectivity index (χ4v) is 1.77. The summed E-state index contributed by atoms with van der Waals surface area (Å²) in [5, 5.41) is 8.66. The molecule has 0 saturated heterocycles. The van der Waals surface area contributed by atoms with Crippen molar-refractivity contribution in [2.75, 3.05) is 5.73 Å². The molecular formula is C14H10F3N3O. The Morgan fingerprint density at radius 2 is 1.90 bits per heavy atom. The largest absolute Gasteiger partial charge is 0.573 e.